The molecule has 1 aliphatic heterocycles. The summed E-state index contributed by atoms with van der Waals surface area (Å²) in [5.74, 6) is 1.71. The summed E-state index contributed by atoms with van der Waals surface area (Å²) in [6.07, 6.45) is 2.57. The summed E-state index contributed by atoms with van der Waals surface area (Å²) in [4.78, 5) is 6.97. The van der Waals surface area contributed by atoms with Gasteiger partial charge in [-0.1, -0.05) is 12.1 Å². The zero-order valence-corrected chi connectivity index (χ0v) is 18.7. The Balaban J connectivity index is 0.00000338. The lowest BCUT2D eigenvalue weighted by Gasteiger charge is -2.24. The Kier molecular flexibility index (Phi) is 10.9. The fourth-order valence-corrected chi connectivity index (χ4v) is 2.95. The van der Waals surface area contributed by atoms with E-state index in [1.54, 1.807) is 7.11 Å². The van der Waals surface area contributed by atoms with Gasteiger partial charge in [0.2, 0.25) is 0 Å². The Bertz CT molecular complexity index is 548. The van der Waals surface area contributed by atoms with E-state index in [1.165, 1.54) is 5.56 Å². The number of rotatable bonds is 8. The van der Waals surface area contributed by atoms with Crippen LogP contribution >= 0.6 is 24.0 Å². The average molecular weight is 476 g/mol. The van der Waals surface area contributed by atoms with Crippen LogP contribution in [0.1, 0.15) is 31.4 Å². The van der Waals surface area contributed by atoms with Crippen molar-refractivity contribution in [1.82, 2.24) is 15.5 Å². The Hall–Kier alpha value is -1.06. The van der Waals surface area contributed by atoms with Crippen LogP contribution in [0.25, 0.3) is 0 Å². The lowest BCUT2D eigenvalue weighted by molar-refractivity contribution is 0.114. The number of benzene rings is 1. The SMILES string of the molecule is CCNC(=NCC(c1cccc(OC)c1)N(C)C)NCC1CCCO1.I. The Morgan fingerprint density at radius 2 is 2.19 bits per heavy atom. The number of likely N-dealkylation sites (N-methyl/N-ethyl adjacent to an activating group) is 1. The van der Waals surface area contributed by atoms with Crippen LogP contribution in [0.3, 0.4) is 0 Å². The molecule has 26 heavy (non-hydrogen) atoms. The number of ether oxygens (including phenoxy) is 2. The van der Waals surface area contributed by atoms with Crippen molar-refractivity contribution in [2.24, 2.45) is 4.99 Å². The minimum Gasteiger partial charge on any atom is -0.497 e. The molecule has 0 aromatic heterocycles. The standard InChI is InChI=1S/C19H32N4O2.HI/c1-5-20-19(21-13-17-10-7-11-25-17)22-14-18(23(2)3)15-8-6-9-16(12-15)24-4;/h6,8-9,12,17-18H,5,7,10-11,13-14H2,1-4H3,(H2,20,21,22);1H. The predicted molar refractivity (Wildman–Crippen MR) is 118 cm³/mol. The Morgan fingerprint density at radius 1 is 1.38 bits per heavy atom. The molecule has 2 rings (SSSR count). The summed E-state index contributed by atoms with van der Waals surface area (Å²) in [6.45, 7) is 5.26. The maximum absolute atomic E-state index is 5.67. The molecule has 148 valence electrons. The van der Waals surface area contributed by atoms with Crippen molar-refractivity contribution in [2.75, 3.05) is 47.4 Å². The topological polar surface area (TPSA) is 58.1 Å². The van der Waals surface area contributed by atoms with Gasteiger partial charge >= 0.3 is 0 Å². The number of hydrogen-bond donors (Lipinski definition) is 2. The molecule has 1 aromatic rings. The normalized spacial score (nSPS) is 18.3. The Labute approximate surface area is 174 Å². The molecule has 0 saturated carbocycles. The van der Waals surface area contributed by atoms with Crippen molar-refractivity contribution < 1.29 is 9.47 Å². The molecule has 2 N–H and O–H groups in total. The smallest absolute Gasteiger partial charge is 0.191 e. The van der Waals surface area contributed by atoms with Gasteiger partial charge in [0, 0.05) is 19.7 Å². The van der Waals surface area contributed by atoms with Gasteiger partial charge in [-0.3, -0.25) is 4.99 Å². The van der Waals surface area contributed by atoms with Gasteiger partial charge in [-0.05, 0) is 51.6 Å². The van der Waals surface area contributed by atoms with E-state index in [9.17, 15) is 0 Å². The number of guanidine groups is 1. The third kappa shape index (κ3) is 7.28. The van der Waals surface area contributed by atoms with Crippen LogP contribution in [-0.2, 0) is 4.74 Å². The highest BCUT2D eigenvalue weighted by atomic mass is 127. The van der Waals surface area contributed by atoms with Crippen LogP contribution in [0.15, 0.2) is 29.3 Å². The summed E-state index contributed by atoms with van der Waals surface area (Å²) in [5.41, 5.74) is 1.20. The quantitative estimate of drug-likeness (QED) is 0.343. The molecule has 6 nitrogen and oxygen atoms in total. The molecule has 0 amide bonds. The van der Waals surface area contributed by atoms with E-state index in [0.717, 1.165) is 44.2 Å². The molecule has 1 fully saturated rings. The Morgan fingerprint density at radius 3 is 2.81 bits per heavy atom. The first kappa shape index (κ1) is 23.0. The minimum atomic E-state index is 0. The van der Waals surface area contributed by atoms with E-state index in [-0.39, 0.29) is 30.0 Å². The summed E-state index contributed by atoms with van der Waals surface area (Å²) in [6, 6.07) is 8.37. The van der Waals surface area contributed by atoms with Gasteiger partial charge in [0.25, 0.3) is 0 Å². The van der Waals surface area contributed by atoms with E-state index in [2.05, 4.69) is 48.7 Å². The van der Waals surface area contributed by atoms with Crippen molar-refractivity contribution in [3.05, 3.63) is 29.8 Å². The van der Waals surface area contributed by atoms with Crippen molar-refractivity contribution >= 4 is 29.9 Å². The summed E-state index contributed by atoms with van der Waals surface area (Å²) in [5, 5.41) is 6.72. The zero-order chi connectivity index (χ0) is 18.1. The number of nitrogens with one attached hydrogen (secondary N) is 2. The first-order chi connectivity index (χ1) is 12.1. The molecule has 0 spiro atoms. The fourth-order valence-electron chi connectivity index (χ4n) is 2.95. The van der Waals surface area contributed by atoms with E-state index < -0.39 is 0 Å². The maximum Gasteiger partial charge on any atom is 0.191 e. The van der Waals surface area contributed by atoms with Gasteiger partial charge in [0.05, 0.1) is 25.8 Å². The van der Waals surface area contributed by atoms with Crippen molar-refractivity contribution in [3.8, 4) is 5.75 Å². The third-order valence-electron chi connectivity index (χ3n) is 4.39. The van der Waals surface area contributed by atoms with E-state index in [4.69, 9.17) is 14.5 Å². The third-order valence-corrected chi connectivity index (χ3v) is 4.39. The van der Waals surface area contributed by atoms with E-state index >= 15 is 0 Å². The second-order valence-electron chi connectivity index (χ2n) is 6.49. The highest BCUT2D eigenvalue weighted by molar-refractivity contribution is 14.0. The first-order valence-corrected chi connectivity index (χ1v) is 9.08. The molecule has 2 unspecified atom stereocenters. The summed E-state index contributed by atoms with van der Waals surface area (Å²) < 4.78 is 11.0. The van der Waals surface area contributed by atoms with Crippen LogP contribution in [-0.4, -0.2) is 64.4 Å². The van der Waals surface area contributed by atoms with Gasteiger partial charge < -0.3 is 25.0 Å². The second-order valence-corrected chi connectivity index (χ2v) is 6.49. The number of hydrogen-bond acceptors (Lipinski definition) is 4. The van der Waals surface area contributed by atoms with Crippen LogP contribution in [0, 0.1) is 0 Å². The number of halogens is 1. The first-order valence-electron chi connectivity index (χ1n) is 9.08. The van der Waals surface area contributed by atoms with Crippen molar-refractivity contribution in [2.45, 2.75) is 31.9 Å². The number of aliphatic imine (C=N–C) groups is 1. The van der Waals surface area contributed by atoms with Gasteiger partial charge in [-0.2, -0.15) is 0 Å². The van der Waals surface area contributed by atoms with Crippen molar-refractivity contribution in [3.63, 3.8) is 0 Å². The maximum atomic E-state index is 5.67. The average Bonchev–Trinajstić information content (AvgIpc) is 3.13. The summed E-state index contributed by atoms with van der Waals surface area (Å²) >= 11 is 0. The van der Waals surface area contributed by atoms with E-state index in [0.29, 0.717) is 12.6 Å². The molecule has 0 bridgehead atoms. The van der Waals surface area contributed by atoms with Crippen LogP contribution in [0.4, 0.5) is 0 Å². The molecule has 0 radical (unpaired) electrons. The van der Waals surface area contributed by atoms with E-state index in [1.807, 2.05) is 12.1 Å². The molecule has 0 aliphatic carbocycles. The molecular weight excluding hydrogens is 443 g/mol. The number of methoxy groups -OCH3 is 1. The lowest BCUT2D eigenvalue weighted by Crippen LogP contribution is -2.41. The predicted octanol–water partition coefficient (Wildman–Crippen LogP) is 2.65. The number of nitrogens with zero attached hydrogens (tertiary/aromatic N) is 2. The molecular formula is C19H33IN4O2. The molecule has 7 heteroatoms. The molecule has 1 heterocycles. The van der Waals surface area contributed by atoms with Crippen LogP contribution in [0.5, 0.6) is 5.75 Å². The van der Waals surface area contributed by atoms with Gasteiger partial charge in [0.15, 0.2) is 5.96 Å². The fraction of sp³-hybridized carbons (Fsp3) is 0.632. The molecule has 1 aromatic carbocycles. The van der Waals surface area contributed by atoms with Gasteiger partial charge in [-0.25, -0.2) is 0 Å². The lowest BCUT2D eigenvalue weighted by atomic mass is 10.1. The molecule has 1 saturated heterocycles. The second kappa shape index (κ2) is 12.3. The van der Waals surface area contributed by atoms with Gasteiger partial charge in [-0.15, -0.1) is 24.0 Å². The minimum absolute atomic E-state index is 0. The van der Waals surface area contributed by atoms with Crippen LogP contribution < -0.4 is 15.4 Å². The van der Waals surface area contributed by atoms with Gasteiger partial charge in [0.1, 0.15) is 5.75 Å². The largest absolute Gasteiger partial charge is 0.497 e. The van der Waals surface area contributed by atoms with Crippen molar-refractivity contribution in [1.29, 1.82) is 0 Å². The monoisotopic (exact) mass is 476 g/mol. The highest BCUT2D eigenvalue weighted by Crippen LogP contribution is 2.22. The molecule has 2 atom stereocenters. The zero-order valence-electron chi connectivity index (χ0n) is 16.3. The molecule has 1 aliphatic rings. The highest BCUT2D eigenvalue weighted by Gasteiger charge is 2.17. The van der Waals surface area contributed by atoms with Crippen LogP contribution in [0.2, 0.25) is 0 Å². The summed E-state index contributed by atoms with van der Waals surface area (Å²) in [7, 11) is 5.85.